The number of aromatic nitrogens is 1. The highest BCUT2D eigenvalue weighted by molar-refractivity contribution is 7.98. The molecule has 0 N–H and O–H groups in total. The number of ether oxygens (including phenoxy) is 1. The number of hydrogen-bond donors (Lipinski definition) is 0. The molecule has 1 amide bonds. The van der Waals surface area contributed by atoms with Crippen LogP contribution >= 0.6 is 34.7 Å². The predicted molar refractivity (Wildman–Crippen MR) is 114 cm³/mol. The van der Waals surface area contributed by atoms with Gasteiger partial charge in [0.2, 0.25) is 0 Å². The third-order valence-electron chi connectivity index (χ3n) is 4.09. The molecule has 8 heteroatoms. The molecule has 0 saturated carbocycles. The van der Waals surface area contributed by atoms with Gasteiger partial charge < -0.3 is 9.30 Å². The fraction of sp³-hybridized carbons (Fsp3) is 0.250. The smallest absolute Gasteiger partial charge is 0.326 e. The molecule has 0 aliphatic heterocycles. The van der Waals surface area contributed by atoms with Gasteiger partial charge >= 0.3 is 5.97 Å². The monoisotopic (exact) mass is 434 g/mol. The van der Waals surface area contributed by atoms with E-state index in [0.29, 0.717) is 15.4 Å². The largest absolute Gasteiger partial charge is 0.465 e. The lowest BCUT2D eigenvalue weighted by atomic mass is 10.2. The fourth-order valence-corrected chi connectivity index (χ4v) is 4.63. The standard InChI is InChI=1S/C20H19ClN2O3S2/c1-4-26-16(24)11-23-17-12(2)8-9-15(21)18(17)28-20(23)22-19(25)13-6-5-7-14(10-13)27-3/h5-10H,4,11H2,1-3H3. The van der Waals surface area contributed by atoms with E-state index < -0.39 is 0 Å². The maximum absolute atomic E-state index is 12.8. The van der Waals surface area contributed by atoms with Crippen LogP contribution < -0.4 is 4.80 Å². The normalized spacial score (nSPS) is 11.8. The van der Waals surface area contributed by atoms with Gasteiger partial charge in [0, 0.05) is 10.5 Å². The van der Waals surface area contributed by atoms with E-state index in [1.165, 1.54) is 11.3 Å². The molecule has 3 rings (SSSR count). The van der Waals surface area contributed by atoms with E-state index in [-0.39, 0.29) is 25.0 Å². The first-order valence-electron chi connectivity index (χ1n) is 8.61. The molecule has 2 aromatic carbocycles. The van der Waals surface area contributed by atoms with Crippen LogP contribution in [0.2, 0.25) is 5.02 Å². The Bertz CT molecular complexity index is 1120. The van der Waals surface area contributed by atoms with E-state index in [9.17, 15) is 9.59 Å². The molecular weight excluding hydrogens is 416 g/mol. The molecule has 1 heterocycles. The second-order valence-corrected chi connectivity index (χ2v) is 8.23. The molecule has 5 nitrogen and oxygen atoms in total. The van der Waals surface area contributed by atoms with E-state index in [1.807, 2.05) is 31.4 Å². The number of thiazole rings is 1. The van der Waals surface area contributed by atoms with Gasteiger partial charge in [-0.25, -0.2) is 0 Å². The molecule has 0 saturated heterocycles. The zero-order chi connectivity index (χ0) is 20.3. The van der Waals surface area contributed by atoms with E-state index >= 15 is 0 Å². The average Bonchev–Trinajstić information content (AvgIpc) is 3.04. The average molecular weight is 435 g/mol. The number of carbonyl (C=O) groups excluding carboxylic acids is 2. The van der Waals surface area contributed by atoms with Crippen LogP contribution in [-0.2, 0) is 16.1 Å². The number of nitrogens with zero attached hydrogens (tertiary/aromatic N) is 2. The summed E-state index contributed by atoms with van der Waals surface area (Å²) in [5.74, 6) is -0.756. The SMILES string of the molecule is CCOC(=O)Cn1c(=NC(=O)c2cccc(SC)c2)sc2c(Cl)ccc(C)c21. The Hall–Kier alpha value is -2.09. The second-order valence-electron chi connectivity index (χ2n) is 5.97. The molecule has 0 fully saturated rings. The summed E-state index contributed by atoms with van der Waals surface area (Å²) in [5, 5.41) is 0.557. The van der Waals surface area contributed by atoms with Crippen LogP contribution in [0.5, 0.6) is 0 Å². The van der Waals surface area contributed by atoms with Crippen molar-refractivity contribution in [1.29, 1.82) is 0 Å². The maximum Gasteiger partial charge on any atom is 0.326 e. The van der Waals surface area contributed by atoms with Gasteiger partial charge in [0.1, 0.15) is 6.54 Å². The first-order valence-corrected chi connectivity index (χ1v) is 11.0. The lowest BCUT2D eigenvalue weighted by Gasteiger charge is -2.07. The molecule has 3 aromatic rings. The van der Waals surface area contributed by atoms with Crippen molar-refractivity contribution in [3.05, 3.63) is 57.3 Å². The van der Waals surface area contributed by atoms with Gasteiger partial charge in [0.15, 0.2) is 4.80 Å². The topological polar surface area (TPSA) is 60.7 Å². The molecule has 0 aliphatic carbocycles. The number of esters is 1. The quantitative estimate of drug-likeness (QED) is 0.431. The van der Waals surface area contributed by atoms with Crippen molar-refractivity contribution in [3.8, 4) is 0 Å². The summed E-state index contributed by atoms with van der Waals surface area (Å²) in [6.45, 7) is 3.94. The number of rotatable bonds is 5. The number of benzene rings is 2. The second kappa shape index (κ2) is 8.94. The number of hydrogen-bond acceptors (Lipinski definition) is 5. The van der Waals surface area contributed by atoms with Gasteiger partial charge in [-0.2, -0.15) is 4.99 Å². The zero-order valence-corrected chi connectivity index (χ0v) is 18.1. The molecule has 28 heavy (non-hydrogen) atoms. The Kier molecular flexibility index (Phi) is 6.59. The zero-order valence-electron chi connectivity index (χ0n) is 15.7. The lowest BCUT2D eigenvalue weighted by Crippen LogP contribution is -2.23. The van der Waals surface area contributed by atoms with Gasteiger partial charge in [-0.05, 0) is 49.9 Å². The van der Waals surface area contributed by atoms with Crippen molar-refractivity contribution in [1.82, 2.24) is 4.57 Å². The Morgan fingerprint density at radius 1 is 1.29 bits per heavy atom. The molecular formula is C20H19ClN2O3S2. The lowest BCUT2D eigenvalue weighted by molar-refractivity contribution is -0.143. The van der Waals surface area contributed by atoms with E-state index in [4.69, 9.17) is 16.3 Å². The van der Waals surface area contributed by atoms with Crippen molar-refractivity contribution in [3.63, 3.8) is 0 Å². The molecule has 0 atom stereocenters. The van der Waals surface area contributed by atoms with Gasteiger partial charge in [-0.1, -0.05) is 35.1 Å². The summed E-state index contributed by atoms with van der Waals surface area (Å²) in [5.41, 5.74) is 2.23. The summed E-state index contributed by atoms with van der Waals surface area (Å²) in [7, 11) is 0. The Balaban J connectivity index is 2.17. The number of fused-ring (bicyclic) bond motifs is 1. The van der Waals surface area contributed by atoms with Crippen molar-refractivity contribution in [2.75, 3.05) is 12.9 Å². The Morgan fingerprint density at radius 3 is 2.79 bits per heavy atom. The van der Waals surface area contributed by atoms with Crippen LogP contribution in [0.1, 0.15) is 22.8 Å². The third-order valence-corrected chi connectivity index (χ3v) is 6.35. The van der Waals surface area contributed by atoms with E-state index in [1.54, 1.807) is 41.5 Å². The summed E-state index contributed by atoms with van der Waals surface area (Å²) >= 11 is 9.20. The van der Waals surface area contributed by atoms with Gasteiger partial charge in [-0.15, -0.1) is 11.8 Å². The van der Waals surface area contributed by atoms with Crippen LogP contribution in [-0.4, -0.2) is 29.3 Å². The van der Waals surface area contributed by atoms with Crippen LogP contribution in [0.3, 0.4) is 0 Å². The molecule has 146 valence electrons. The van der Waals surface area contributed by atoms with Crippen LogP contribution in [0, 0.1) is 6.92 Å². The number of halogens is 1. The molecule has 0 aliphatic rings. The van der Waals surface area contributed by atoms with Crippen molar-refractivity contribution in [2.45, 2.75) is 25.3 Å². The van der Waals surface area contributed by atoms with Crippen LogP contribution in [0.15, 0.2) is 46.3 Å². The highest BCUT2D eigenvalue weighted by Gasteiger charge is 2.16. The predicted octanol–water partition coefficient (Wildman–Crippen LogP) is 4.69. The van der Waals surface area contributed by atoms with Crippen molar-refractivity contribution in [2.24, 2.45) is 4.99 Å². The first kappa shape index (κ1) is 20.6. The Morgan fingerprint density at radius 2 is 2.07 bits per heavy atom. The Labute approximate surface area is 176 Å². The summed E-state index contributed by atoms with van der Waals surface area (Å²) in [6, 6.07) is 11.0. The first-order chi connectivity index (χ1) is 13.4. The molecule has 0 bridgehead atoms. The maximum atomic E-state index is 12.8. The van der Waals surface area contributed by atoms with Crippen LogP contribution in [0.25, 0.3) is 10.2 Å². The number of amides is 1. The fourth-order valence-electron chi connectivity index (χ4n) is 2.79. The third kappa shape index (κ3) is 4.32. The minimum Gasteiger partial charge on any atom is -0.465 e. The summed E-state index contributed by atoms with van der Waals surface area (Å²) in [6.07, 6.45) is 1.95. The van der Waals surface area contributed by atoms with E-state index in [2.05, 4.69) is 4.99 Å². The highest BCUT2D eigenvalue weighted by atomic mass is 35.5. The van der Waals surface area contributed by atoms with Crippen LogP contribution in [0.4, 0.5) is 0 Å². The number of aryl methyl sites for hydroxylation is 1. The number of carbonyl (C=O) groups is 2. The van der Waals surface area contributed by atoms with E-state index in [0.717, 1.165) is 20.7 Å². The summed E-state index contributed by atoms with van der Waals surface area (Å²) < 4.78 is 7.58. The van der Waals surface area contributed by atoms with Gasteiger partial charge in [0.05, 0.1) is 21.8 Å². The summed E-state index contributed by atoms with van der Waals surface area (Å²) in [4.78, 5) is 30.6. The molecule has 0 spiro atoms. The van der Waals surface area contributed by atoms with Crippen molar-refractivity contribution >= 4 is 56.8 Å². The highest BCUT2D eigenvalue weighted by Crippen LogP contribution is 2.29. The van der Waals surface area contributed by atoms with Gasteiger partial charge in [-0.3, -0.25) is 9.59 Å². The van der Waals surface area contributed by atoms with Crippen molar-refractivity contribution < 1.29 is 14.3 Å². The molecule has 1 aromatic heterocycles. The minimum atomic E-state index is -0.389. The molecule has 0 unspecified atom stereocenters. The van der Waals surface area contributed by atoms with Gasteiger partial charge in [0.25, 0.3) is 5.91 Å². The minimum absolute atomic E-state index is 0.0357. The number of thioether (sulfide) groups is 1. The molecule has 0 radical (unpaired) electrons.